The largest absolute Gasteiger partial charge is 0.341 e. The predicted molar refractivity (Wildman–Crippen MR) is 57.8 cm³/mol. The molecule has 0 radical (unpaired) electrons. The Labute approximate surface area is 87.3 Å². The summed E-state index contributed by atoms with van der Waals surface area (Å²) in [6, 6.07) is 3.92. The molecule has 1 aromatic rings. The van der Waals surface area contributed by atoms with Crippen LogP contribution in [-0.2, 0) is 4.57 Å². The smallest absolute Gasteiger partial charge is 0.269 e. The second-order valence-electron chi connectivity index (χ2n) is 3.25. The zero-order chi connectivity index (χ0) is 11.6. The molecule has 0 saturated heterocycles. The minimum Gasteiger partial charge on any atom is -0.341 e. The molecule has 0 amide bonds. The summed E-state index contributed by atoms with van der Waals surface area (Å²) in [7, 11) is -3.34. The minimum atomic E-state index is -3.34. The van der Waals surface area contributed by atoms with Gasteiger partial charge in [0.15, 0.2) is 0 Å². The van der Waals surface area contributed by atoms with Crippen molar-refractivity contribution in [3.8, 4) is 0 Å². The van der Waals surface area contributed by atoms with Crippen LogP contribution in [0.4, 0.5) is 5.69 Å². The molecule has 82 valence electrons. The number of rotatable bonds is 3. The first-order valence-corrected chi connectivity index (χ1v) is 6.30. The third-order valence-corrected chi connectivity index (χ3v) is 4.31. The number of hydrogen-bond donors (Lipinski definition) is 1. The van der Waals surface area contributed by atoms with E-state index in [1.165, 1.54) is 18.2 Å². The highest BCUT2D eigenvalue weighted by Gasteiger charge is 2.22. The van der Waals surface area contributed by atoms with Crippen LogP contribution in [0.25, 0.3) is 0 Å². The summed E-state index contributed by atoms with van der Waals surface area (Å²) in [5.41, 5.74) is 0.421. The molecule has 15 heavy (non-hydrogen) atoms. The second-order valence-corrected chi connectivity index (χ2v) is 5.76. The van der Waals surface area contributed by atoms with Crippen LogP contribution >= 0.6 is 7.37 Å². The molecule has 0 aliphatic rings. The van der Waals surface area contributed by atoms with Crippen LogP contribution in [0.3, 0.4) is 0 Å². The van der Waals surface area contributed by atoms with Crippen LogP contribution in [0.1, 0.15) is 12.5 Å². The fourth-order valence-corrected chi connectivity index (χ4v) is 2.58. The Morgan fingerprint density at radius 1 is 1.53 bits per heavy atom. The van der Waals surface area contributed by atoms with Gasteiger partial charge in [-0.05, 0) is 18.6 Å². The van der Waals surface area contributed by atoms with E-state index in [1.54, 1.807) is 13.8 Å². The Morgan fingerprint density at radius 3 is 2.53 bits per heavy atom. The van der Waals surface area contributed by atoms with Gasteiger partial charge >= 0.3 is 0 Å². The van der Waals surface area contributed by atoms with Gasteiger partial charge in [-0.1, -0.05) is 6.92 Å². The number of nitro groups is 1. The average molecular weight is 229 g/mol. The van der Waals surface area contributed by atoms with E-state index in [1.807, 2.05) is 0 Å². The van der Waals surface area contributed by atoms with Gasteiger partial charge in [0.2, 0.25) is 7.37 Å². The van der Waals surface area contributed by atoms with Crippen molar-refractivity contribution in [3.05, 3.63) is 33.9 Å². The normalized spacial score (nSPS) is 14.6. The van der Waals surface area contributed by atoms with Gasteiger partial charge in [0.05, 0.1) is 4.92 Å². The number of benzene rings is 1. The monoisotopic (exact) mass is 229 g/mol. The molecule has 5 nitrogen and oxygen atoms in total. The van der Waals surface area contributed by atoms with Crippen molar-refractivity contribution in [3.63, 3.8) is 0 Å². The van der Waals surface area contributed by atoms with Crippen molar-refractivity contribution in [2.24, 2.45) is 0 Å². The maximum Gasteiger partial charge on any atom is 0.269 e. The van der Waals surface area contributed by atoms with E-state index < -0.39 is 12.3 Å². The van der Waals surface area contributed by atoms with E-state index in [0.717, 1.165) is 0 Å². The SMILES string of the molecule is CCP(=O)(O)c1ccc([N+](=O)[O-])cc1C. The van der Waals surface area contributed by atoms with E-state index in [4.69, 9.17) is 0 Å². The van der Waals surface area contributed by atoms with Crippen molar-refractivity contribution < 1.29 is 14.4 Å². The van der Waals surface area contributed by atoms with Gasteiger partial charge in [-0.2, -0.15) is 0 Å². The Morgan fingerprint density at radius 2 is 2.13 bits per heavy atom. The quantitative estimate of drug-likeness (QED) is 0.487. The van der Waals surface area contributed by atoms with E-state index in [2.05, 4.69) is 0 Å². The topological polar surface area (TPSA) is 80.4 Å². The lowest BCUT2D eigenvalue weighted by Crippen LogP contribution is -2.10. The summed E-state index contributed by atoms with van der Waals surface area (Å²) in [6.07, 6.45) is 0.131. The van der Waals surface area contributed by atoms with E-state index in [0.29, 0.717) is 10.9 Å². The third-order valence-electron chi connectivity index (χ3n) is 2.20. The van der Waals surface area contributed by atoms with Gasteiger partial charge in [0, 0.05) is 23.6 Å². The fraction of sp³-hybridized carbons (Fsp3) is 0.333. The summed E-state index contributed by atoms with van der Waals surface area (Å²) >= 11 is 0. The first kappa shape index (κ1) is 11.9. The Balaban J connectivity index is 3.26. The molecule has 0 spiro atoms. The lowest BCUT2D eigenvalue weighted by atomic mass is 10.2. The summed E-state index contributed by atoms with van der Waals surface area (Å²) in [6.45, 7) is 3.21. The molecule has 0 fully saturated rings. The van der Waals surface area contributed by atoms with E-state index in [9.17, 15) is 19.6 Å². The first-order valence-electron chi connectivity index (χ1n) is 4.46. The first-order chi connectivity index (χ1) is 6.88. The molecule has 0 heterocycles. The molecule has 1 atom stereocenters. The zero-order valence-electron chi connectivity index (χ0n) is 8.51. The van der Waals surface area contributed by atoms with E-state index in [-0.39, 0.29) is 11.8 Å². The summed E-state index contributed by atoms with van der Waals surface area (Å²) < 4.78 is 11.7. The minimum absolute atomic E-state index is 0.0626. The number of nitro benzene ring substituents is 1. The number of hydrogen-bond acceptors (Lipinski definition) is 3. The van der Waals surface area contributed by atoms with Gasteiger partial charge in [-0.15, -0.1) is 0 Å². The molecule has 1 N–H and O–H groups in total. The van der Waals surface area contributed by atoms with Crippen LogP contribution in [0.5, 0.6) is 0 Å². The highest BCUT2D eigenvalue weighted by Crippen LogP contribution is 2.40. The van der Waals surface area contributed by atoms with Crippen LogP contribution in [0.15, 0.2) is 18.2 Å². The fourth-order valence-electron chi connectivity index (χ4n) is 1.32. The molecular weight excluding hydrogens is 217 g/mol. The molecule has 1 aromatic carbocycles. The highest BCUT2D eigenvalue weighted by molar-refractivity contribution is 7.66. The predicted octanol–water partition coefficient (Wildman–Crippen LogP) is 1.82. The molecule has 6 heteroatoms. The van der Waals surface area contributed by atoms with Crippen LogP contribution in [-0.4, -0.2) is 16.0 Å². The third kappa shape index (κ3) is 2.43. The van der Waals surface area contributed by atoms with E-state index >= 15 is 0 Å². The number of non-ortho nitro benzene ring substituents is 1. The summed E-state index contributed by atoms with van der Waals surface area (Å²) in [5, 5.41) is 10.8. The van der Waals surface area contributed by atoms with Gasteiger partial charge in [-0.25, -0.2) is 0 Å². The molecule has 0 aromatic heterocycles. The maximum atomic E-state index is 11.7. The van der Waals surface area contributed by atoms with Gasteiger partial charge < -0.3 is 4.89 Å². The zero-order valence-corrected chi connectivity index (χ0v) is 9.40. The molecule has 0 saturated carbocycles. The van der Waals surface area contributed by atoms with Crippen molar-refractivity contribution >= 4 is 18.4 Å². The number of nitrogens with zero attached hydrogens (tertiary/aromatic N) is 1. The summed E-state index contributed by atoms with van der Waals surface area (Å²) in [4.78, 5) is 19.5. The Kier molecular flexibility index (Phi) is 3.27. The molecule has 0 aliphatic heterocycles. The maximum absolute atomic E-state index is 11.7. The number of aryl methyl sites for hydroxylation is 1. The molecule has 1 unspecified atom stereocenters. The van der Waals surface area contributed by atoms with Crippen LogP contribution < -0.4 is 5.30 Å². The van der Waals surface area contributed by atoms with Gasteiger partial charge in [0.1, 0.15) is 0 Å². The lowest BCUT2D eigenvalue weighted by Gasteiger charge is -2.11. The van der Waals surface area contributed by atoms with Crippen LogP contribution in [0, 0.1) is 17.0 Å². The second kappa shape index (κ2) is 4.13. The van der Waals surface area contributed by atoms with Crippen LogP contribution in [0.2, 0.25) is 0 Å². The molecule has 0 aliphatic carbocycles. The molecule has 1 rings (SSSR count). The molecular formula is C9H12NO4P. The van der Waals surface area contributed by atoms with Crippen molar-refractivity contribution in [2.75, 3.05) is 6.16 Å². The Hall–Kier alpha value is -1.19. The standard InChI is InChI=1S/C9H12NO4P/c1-3-15(13,14)9-5-4-8(10(11)12)6-7(9)2/h4-6H,3H2,1-2H3,(H,13,14). The van der Waals surface area contributed by atoms with Gasteiger partial charge in [0.25, 0.3) is 5.69 Å². The van der Waals surface area contributed by atoms with Gasteiger partial charge in [-0.3, -0.25) is 14.7 Å². The highest BCUT2D eigenvalue weighted by atomic mass is 31.2. The lowest BCUT2D eigenvalue weighted by molar-refractivity contribution is -0.384. The molecule has 0 bridgehead atoms. The Bertz CT molecular complexity index is 444. The average Bonchev–Trinajstić information content (AvgIpc) is 2.17. The van der Waals surface area contributed by atoms with Crippen molar-refractivity contribution in [2.45, 2.75) is 13.8 Å². The van der Waals surface area contributed by atoms with Crippen molar-refractivity contribution in [1.82, 2.24) is 0 Å². The van der Waals surface area contributed by atoms with Crippen molar-refractivity contribution in [1.29, 1.82) is 0 Å². The summed E-state index contributed by atoms with van der Waals surface area (Å²) in [5.74, 6) is 0.